The van der Waals surface area contributed by atoms with E-state index in [2.05, 4.69) is 54.6 Å². The lowest BCUT2D eigenvalue weighted by molar-refractivity contribution is -1.05. The van der Waals surface area contributed by atoms with Crippen LogP contribution in [0.4, 0.5) is 4.79 Å². The molecule has 0 bridgehead atoms. The Morgan fingerprint density at radius 1 is 0.826 bits per heavy atom. The van der Waals surface area contributed by atoms with Gasteiger partial charge in [0.2, 0.25) is 0 Å². The monoisotopic (exact) mass is 624 g/mol. The van der Waals surface area contributed by atoms with Gasteiger partial charge in [0.15, 0.2) is 0 Å². The number of hydrogen-bond acceptors (Lipinski definition) is 7. The highest BCUT2D eigenvalue weighted by molar-refractivity contribution is 5.93. The molecule has 4 aromatic carbocycles. The molecule has 0 aliphatic carbocycles. The van der Waals surface area contributed by atoms with E-state index in [0.29, 0.717) is 19.5 Å². The largest absolute Gasteiger partial charge is 0.550 e. The van der Waals surface area contributed by atoms with E-state index in [1.807, 2.05) is 32.9 Å². The maximum atomic E-state index is 13.5. The number of likely N-dealkylation sites (tertiary alicyclic amines) is 1. The normalized spacial score (nSPS) is 19.8. The Balaban J connectivity index is 1.34. The van der Waals surface area contributed by atoms with Gasteiger partial charge in [0.05, 0.1) is 13.7 Å². The third-order valence-electron chi connectivity index (χ3n) is 8.45. The number of para-hydroxylation sites is 1. The molecule has 46 heavy (non-hydrogen) atoms. The van der Waals surface area contributed by atoms with Gasteiger partial charge in [-0.3, -0.25) is 4.79 Å². The molecule has 240 valence electrons. The average molecular weight is 625 g/mol. The molecule has 1 saturated heterocycles. The van der Waals surface area contributed by atoms with E-state index in [1.54, 1.807) is 31.4 Å². The van der Waals surface area contributed by atoms with Gasteiger partial charge in [-0.25, -0.2) is 4.79 Å². The van der Waals surface area contributed by atoms with Crippen LogP contribution in [0.5, 0.6) is 5.75 Å². The maximum absolute atomic E-state index is 13.5. The van der Waals surface area contributed by atoms with Crippen molar-refractivity contribution in [1.29, 1.82) is 0 Å². The molecular formula is C38H42NO7+. The van der Waals surface area contributed by atoms with Crippen molar-refractivity contribution in [3.63, 3.8) is 0 Å². The van der Waals surface area contributed by atoms with Crippen molar-refractivity contribution in [3.8, 4) is 5.75 Å². The van der Waals surface area contributed by atoms with Crippen LogP contribution in [0.15, 0.2) is 91.0 Å². The van der Waals surface area contributed by atoms with Gasteiger partial charge in [0.25, 0.3) is 0 Å². The van der Waals surface area contributed by atoms with Crippen molar-refractivity contribution < 1.29 is 38.1 Å². The van der Waals surface area contributed by atoms with E-state index in [1.165, 1.54) is 12.5 Å². The predicted octanol–water partition coefficient (Wildman–Crippen LogP) is 7.75. The van der Waals surface area contributed by atoms with Crippen molar-refractivity contribution in [2.75, 3.05) is 26.8 Å². The number of ether oxygens (including phenoxy) is 3. The molecular weight excluding hydrogens is 582 g/mol. The van der Waals surface area contributed by atoms with Crippen LogP contribution >= 0.6 is 0 Å². The summed E-state index contributed by atoms with van der Waals surface area (Å²) in [6.07, 6.45) is 0.881. The molecule has 3 atom stereocenters. The van der Waals surface area contributed by atoms with E-state index in [0.717, 1.165) is 28.3 Å². The van der Waals surface area contributed by atoms with Crippen LogP contribution in [0.3, 0.4) is 0 Å². The number of rotatable bonds is 8. The van der Waals surface area contributed by atoms with Crippen LogP contribution in [-0.2, 0) is 25.5 Å². The Kier molecular flexibility index (Phi) is 9.89. The second-order valence-corrected chi connectivity index (χ2v) is 12.8. The third-order valence-corrected chi connectivity index (χ3v) is 8.45. The molecule has 0 N–H and O–H groups in total. The molecule has 8 nitrogen and oxygen atoms in total. The fraction of sp³-hybridized carbons (Fsp3) is 0.342. The zero-order chi connectivity index (χ0) is 32.9. The minimum atomic E-state index is -0.633. The van der Waals surface area contributed by atoms with Crippen molar-refractivity contribution in [2.24, 2.45) is 0 Å². The van der Waals surface area contributed by atoms with E-state index < -0.39 is 17.5 Å². The Morgan fingerprint density at radius 2 is 1.50 bits per heavy atom. The summed E-state index contributed by atoms with van der Waals surface area (Å²) in [6, 6.07) is 29.7. The first kappa shape index (κ1) is 32.9. The van der Waals surface area contributed by atoms with Gasteiger partial charge >= 0.3 is 18.0 Å². The number of carbonyl (C=O) groups excluding carboxylic acids is 3. The summed E-state index contributed by atoms with van der Waals surface area (Å²) in [5.74, 6) is -0.721. The van der Waals surface area contributed by atoms with Gasteiger partial charge in [-0.15, -0.1) is 0 Å². The average Bonchev–Trinajstić information content (AvgIpc) is 3.03. The number of hydrogen-bond donors (Lipinski definition) is 0. The Bertz CT molecular complexity index is 1710. The van der Waals surface area contributed by atoms with Crippen LogP contribution in [0.2, 0.25) is 0 Å². The quantitative estimate of drug-likeness (QED) is 0.113. The minimum Gasteiger partial charge on any atom is -0.462 e. The van der Waals surface area contributed by atoms with E-state index in [4.69, 9.17) is 19.0 Å². The van der Waals surface area contributed by atoms with Gasteiger partial charge in [-0.05, 0) is 60.4 Å². The zero-order valence-electron chi connectivity index (χ0n) is 27.2. The number of piperidine rings is 1. The van der Waals surface area contributed by atoms with Crippen LogP contribution in [0.1, 0.15) is 73.0 Å². The number of benzene rings is 4. The number of esters is 2. The van der Waals surface area contributed by atoms with E-state index in [-0.39, 0.29) is 40.5 Å². The molecule has 1 amide bonds. The highest BCUT2D eigenvalue weighted by Crippen LogP contribution is 2.43. The summed E-state index contributed by atoms with van der Waals surface area (Å²) < 4.78 is 16.3. The van der Waals surface area contributed by atoms with Crippen molar-refractivity contribution in [2.45, 2.75) is 58.0 Å². The Morgan fingerprint density at radius 3 is 2.20 bits per heavy atom. The van der Waals surface area contributed by atoms with Crippen molar-refractivity contribution in [3.05, 3.63) is 113 Å². The first-order valence-corrected chi connectivity index (χ1v) is 15.7. The Labute approximate surface area is 270 Å². The smallest absolute Gasteiger partial charge is 0.462 e. The van der Waals surface area contributed by atoms with Crippen LogP contribution < -0.4 is 4.74 Å². The molecule has 3 unspecified atom stereocenters. The van der Waals surface area contributed by atoms with Crippen LogP contribution in [0, 0.1) is 0 Å². The van der Waals surface area contributed by atoms with Crippen molar-refractivity contribution in [1.82, 2.24) is 0 Å². The molecule has 8 heteroatoms. The topological polar surface area (TPSA) is 88.1 Å². The third kappa shape index (κ3) is 7.63. The number of carbonyl (C=O) groups is 3. The Hall–Kier alpha value is -4.53. The van der Waals surface area contributed by atoms with E-state index >= 15 is 0 Å². The molecule has 0 radical (unpaired) electrons. The first-order valence-electron chi connectivity index (χ1n) is 15.7. The number of hydroxylamine groups is 3. The van der Waals surface area contributed by atoms with Gasteiger partial charge in [0, 0.05) is 31.6 Å². The molecule has 1 aliphatic heterocycles. The molecule has 0 spiro atoms. The summed E-state index contributed by atoms with van der Waals surface area (Å²) in [6.45, 7) is 8.02. The van der Waals surface area contributed by atoms with Crippen LogP contribution in [-0.4, -0.2) is 55.1 Å². The van der Waals surface area contributed by atoms with E-state index in [9.17, 15) is 14.4 Å². The molecule has 1 fully saturated rings. The van der Waals surface area contributed by atoms with Gasteiger partial charge in [-0.1, -0.05) is 83.5 Å². The fourth-order valence-corrected chi connectivity index (χ4v) is 6.16. The lowest BCUT2D eigenvalue weighted by Crippen LogP contribution is -2.59. The lowest BCUT2D eigenvalue weighted by Gasteiger charge is -2.42. The number of amides is 1. The van der Waals surface area contributed by atoms with Crippen LogP contribution in [0.25, 0.3) is 10.8 Å². The molecule has 1 aliphatic rings. The van der Waals surface area contributed by atoms with Crippen molar-refractivity contribution >= 4 is 28.8 Å². The summed E-state index contributed by atoms with van der Waals surface area (Å²) in [7, 11) is 1.58. The zero-order valence-corrected chi connectivity index (χ0v) is 27.2. The summed E-state index contributed by atoms with van der Waals surface area (Å²) >= 11 is 0. The second-order valence-electron chi connectivity index (χ2n) is 12.8. The number of quaternary nitrogens is 1. The lowest BCUT2D eigenvalue weighted by atomic mass is 9.76. The molecule has 0 aromatic heterocycles. The summed E-state index contributed by atoms with van der Waals surface area (Å²) in [4.78, 5) is 43.6. The highest BCUT2D eigenvalue weighted by atomic mass is 16.8. The first-order chi connectivity index (χ1) is 22.0. The number of fused-ring (bicyclic) bond motifs is 1. The SMILES string of the molecule is CO[N+]1(C(=O)OC(C)(C)C)CCC(c2ccc(CCOC(=O)c3ccccc3OC(C)=O)cc2)C(c2ccc3ccccc3c2)C1. The van der Waals surface area contributed by atoms with Gasteiger partial charge in [-0.2, -0.15) is 9.63 Å². The molecule has 5 rings (SSSR count). The standard InChI is InChI=1S/C38H42NO7/c1-26(40)45-35-13-9-8-12-33(35)36(41)44-23-21-27-14-16-29(17-15-27)32-20-22-39(43-5,37(42)46-38(2,3)4)25-34(32)31-19-18-28-10-6-7-11-30(28)24-31/h6-19,24,32,34H,20-23,25H2,1-5H3/q+1. The fourth-order valence-electron chi connectivity index (χ4n) is 6.16. The number of nitrogens with zero attached hydrogens (tertiary/aromatic N) is 1. The molecule has 4 aromatic rings. The van der Waals surface area contributed by atoms with Gasteiger partial charge in [0.1, 0.15) is 30.0 Å². The highest BCUT2D eigenvalue weighted by Gasteiger charge is 2.50. The summed E-state index contributed by atoms with van der Waals surface area (Å²) in [5.41, 5.74) is 2.93. The second kappa shape index (κ2) is 13.8. The predicted molar refractivity (Wildman–Crippen MR) is 175 cm³/mol. The van der Waals surface area contributed by atoms with Gasteiger partial charge < -0.3 is 14.2 Å². The minimum absolute atomic E-state index is 0.00470. The summed E-state index contributed by atoms with van der Waals surface area (Å²) in [5, 5.41) is 2.32. The maximum Gasteiger partial charge on any atom is 0.550 e. The molecule has 1 heterocycles. The molecule has 0 saturated carbocycles.